The first-order chi connectivity index (χ1) is 7.09. The summed E-state index contributed by atoms with van der Waals surface area (Å²) in [4.78, 5) is 0. The molecule has 0 saturated heterocycles. The van der Waals surface area contributed by atoms with Gasteiger partial charge in [-0.1, -0.05) is 11.6 Å². The fourth-order valence-corrected chi connectivity index (χ4v) is 2.51. The highest BCUT2D eigenvalue weighted by molar-refractivity contribution is 7.98. The molecule has 0 radical (unpaired) electrons. The fourth-order valence-electron chi connectivity index (χ4n) is 1.11. The Hall–Kier alpha value is -0.250. The molecular weight excluding hydrogens is 233 g/mol. The Balaban J connectivity index is 2.40. The summed E-state index contributed by atoms with van der Waals surface area (Å²) in [5.74, 6) is 1.48. The average molecular weight is 248 g/mol. The maximum Gasteiger partial charge on any atom is 0.123 e. The van der Waals surface area contributed by atoms with E-state index in [-0.39, 0.29) is 11.9 Å². The third-order valence-electron chi connectivity index (χ3n) is 1.98. The Bertz CT molecular complexity index is 317. The zero-order valence-corrected chi connectivity index (χ0v) is 10.2. The summed E-state index contributed by atoms with van der Waals surface area (Å²) in [6, 6.07) is 4.68. The second kappa shape index (κ2) is 6.36. The van der Waals surface area contributed by atoms with Crippen molar-refractivity contribution in [2.45, 2.75) is 25.1 Å². The first-order valence-corrected chi connectivity index (χ1v) is 6.40. The van der Waals surface area contributed by atoms with Gasteiger partial charge in [-0.05, 0) is 42.9 Å². The van der Waals surface area contributed by atoms with E-state index in [1.54, 1.807) is 17.8 Å². The van der Waals surface area contributed by atoms with E-state index < -0.39 is 0 Å². The van der Waals surface area contributed by atoms with Crippen LogP contribution in [0.1, 0.15) is 18.9 Å². The highest BCUT2D eigenvalue weighted by Gasteiger charge is 2.02. The zero-order valence-electron chi connectivity index (χ0n) is 8.67. The molecular formula is C11H15ClFNS. The molecule has 1 rings (SSSR count). The minimum Gasteiger partial charge on any atom is -0.328 e. The van der Waals surface area contributed by atoms with Gasteiger partial charge in [0, 0.05) is 16.8 Å². The minimum absolute atomic E-state index is 0.223. The third-order valence-corrected chi connectivity index (χ3v) is 3.39. The lowest BCUT2D eigenvalue weighted by Gasteiger charge is -2.06. The molecule has 15 heavy (non-hydrogen) atoms. The second-order valence-electron chi connectivity index (χ2n) is 3.55. The number of halogens is 2. The molecule has 1 atom stereocenters. The van der Waals surface area contributed by atoms with Gasteiger partial charge >= 0.3 is 0 Å². The lowest BCUT2D eigenvalue weighted by atomic mass is 10.2. The first kappa shape index (κ1) is 12.8. The van der Waals surface area contributed by atoms with Crippen molar-refractivity contribution < 1.29 is 4.39 Å². The summed E-state index contributed by atoms with van der Waals surface area (Å²) in [6.45, 7) is 1.98. The average Bonchev–Trinajstić information content (AvgIpc) is 2.17. The molecule has 0 aromatic heterocycles. The van der Waals surface area contributed by atoms with Crippen LogP contribution in [0.15, 0.2) is 18.2 Å². The summed E-state index contributed by atoms with van der Waals surface area (Å²) in [7, 11) is 0. The van der Waals surface area contributed by atoms with E-state index in [9.17, 15) is 4.39 Å². The Morgan fingerprint density at radius 2 is 2.27 bits per heavy atom. The monoisotopic (exact) mass is 247 g/mol. The van der Waals surface area contributed by atoms with Crippen LogP contribution in [-0.4, -0.2) is 11.8 Å². The van der Waals surface area contributed by atoms with Crippen molar-refractivity contribution in [3.8, 4) is 0 Å². The van der Waals surface area contributed by atoms with Gasteiger partial charge < -0.3 is 5.73 Å². The van der Waals surface area contributed by atoms with Crippen LogP contribution in [0.3, 0.4) is 0 Å². The molecule has 0 aliphatic carbocycles. The van der Waals surface area contributed by atoms with Crippen molar-refractivity contribution in [3.05, 3.63) is 34.6 Å². The molecule has 1 unspecified atom stereocenters. The molecule has 0 fully saturated rings. The third kappa shape index (κ3) is 4.87. The van der Waals surface area contributed by atoms with Gasteiger partial charge in [0.2, 0.25) is 0 Å². The highest BCUT2D eigenvalue weighted by atomic mass is 35.5. The summed E-state index contributed by atoms with van der Waals surface area (Å²) < 4.78 is 12.9. The van der Waals surface area contributed by atoms with E-state index in [4.69, 9.17) is 17.3 Å². The first-order valence-electron chi connectivity index (χ1n) is 4.87. The number of rotatable bonds is 5. The van der Waals surface area contributed by atoms with Crippen LogP contribution in [-0.2, 0) is 5.75 Å². The lowest BCUT2D eigenvalue weighted by molar-refractivity contribution is 0.626. The van der Waals surface area contributed by atoms with Gasteiger partial charge in [-0.15, -0.1) is 0 Å². The lowest BCUT2D eigenvalue weighted by Crippen LogP contribution is -2.15. The van der Waals surface area contributed by atoms with Crippen LogP contribution >= 0.6 is 23.4 Å². The van der Waals surface area contributed by atoms with Crippen molar-refractivity contribution in [1.82, 2.24) is 0 Å². The van der Waals surface area contributed by atoms with Crippen molar-refractivity contribution in [3.63, 3.8) is 0 Å². The maximum atomic E-state index is 12.9. The Morgan fingerprint density at radius 3 is 2.93 bits per heavy atom. The summed E-state index contributed by atoms with van der Waals surface area (Å²) >= 11 is 7.66. The molecule has 0 spiro atoms. The SMILES string of the molecule is CC(N)CCSCc1cc(F)ccc1Cl. The molecule has 84 valence electrons. The Kier molecular flexibility index (Phi) is 5.43. The zero-order chi connectivity index (χ0) is 11.3. The van der Waals surface area contributed by atoms with E-state index in [1.165, 1.54) is 12.1 Å². The molecule has 0 amide bonds. The quantitative estimate of drug-likeness (QED) is 0.807. The molecule has 0 saturated carbocycles. The van der Waals surface area contributed by atoms with E-state index >= 15 is 0 Å². The van der Waals surface area contributed by atoms with Crippen molar-refractivity contribution in [1.29, 1.82) is 0 Å². The van der Waals surface area contributed by atoms with Crippen LogP contribution in [0.2, 0.25) is 5.02 Å². The molecule has 0 aliphatic rings. The van der Waals surface area contributed by atoms with E-state index in [0.717, 1.165) is 23.5 Å². The molecule has 4 heteroatoms. The Morgan fingerprint density at radius 1 is 1.53 bits per heavy atom. The molecule has 0 aliphatic heterocycles. The summed E-state index contributed by atoms with van der Waals surface area (Å²) in [6.07, 6.45) is 0.970. The molecule has 1 aromatic rings. The summed E-state index contributed by atoms with van der Waals surface area (Å²) in [5.41, 5.74) is 6.48. The predicted molar refractivity (Wildman–Crippen MR) is 65.8 cm³/mol. The smallest absolute Gasteiger partial charge is 0.123 e. The number of nitrogens with two attached hydrogens (primary N) is 1. The standard InChI is InChI=1S/C11H15ClFNS/c1-8(14)4-5-15-7-9-6-10(13)2-3-11(9)12/h2-3,6,8H,4-5,7,14H2,1H3. The fraction of sp³-hybridized carbons (Fsp3) is 0.455. The van der Waals surface area contributed by atoms with Crippen molar-refractivity contribution in [2.24, 2.45) is 5.73 Å². The molecule has 0 bridgehead atoms. The second-order valence-corrected chi connectivity index (χ2v) is 5.07. The van der Waals surface area contributed by atoms with Gasteiger partial charge in [0.15, 0.2) is 0 Å². The molecule has 1 nitrogen and oxygen atoms in total. The number of hydrogen-bond acceptors (Lipinski definition) is 2. The van der Waals surface area contributed by atoms with Gasteiger partial charge in [-0.3, -0.25) is 0 Å². The highest BCUT2D eigenvalue weighted by Crippen LogP contribution is 2.22. The van der Waals surface area contributed by atoms with Crippen LogP contribution in [0.5, 0.6) is 0 Å². The predicted octanol–water partition coefficient (Wildman–Crippen LogP) is 3.45. The van der Waals surface area contributed by atoms with E-state index in [1.807, 2.05) is 6.92 Å². The molecule has 1 aromatic carbocycles. The number of benzene rings is 1. The van der Waals surface area contributed by atoms with E-state index in [0.29, 0.717) is 5.02 Å². The van der Waals surface area contributed by atoms with Crippen molar-refractivity contribution in [2.75, 3.05) is 5.75 Å². The van der Waals surface area contributed by atoms with Crippen molar-refractivity contribution >= 4 is 23.4 Å². The largest absolute Gasteiger partial charge is 0.328 e. The molecule has 2 N–H and O–H groups in total. The molecule has 0 heterocycles. The van der Waals surface area contributed by atoms with Crippen LogP contribution in [0.4, 0.5) is 4.39 Å². The number of hydrogen-bond donors (Lipinski definition) is 1. The van der Waals surface area contributed by atoms with Gasteiger partial charge in [-0.2, -0.15) is 11.8 Å². The normalized spacial score (nSPS) is 12.8. The van der Waals surface area contributed by atoms with Gasteiger partial charge in [0.25, 0.3) is 0 Å². The van der Waals surface area contributed by atoms with E-state index in [2.05, 4.69) is 0 Å². The number of thioether (sulfide) groups is 1. The van der Waals surface area contributed by atoms with Crippen LogP contribution in [0, 0.1) is 5.82 Å². The topological polar surface area (TPSA) is 26.0 Å². The van der Waals surface area contributed by atoms with Crippen LogP contribution < -0.4 is 5.73 Å². The van der Waals surface area contributed by atoms with Gasteiger partial charge in [0.05, 0.1) is 0 Å². The Labute approximate surface area is 99.2 Å². The summed E-state index contributed by atoms with van der Waals surface area (Å²) in [5, 5.41) is 0.629. The van der Waals surface area contributed by atoms with Crippen LogP contribution in [0.25, 0.3) is 0 Å². The van der Waals surface area contributed by atoms with Gasteiger partial charge in [0.1, 0.15) is 5.82 Å². The van der Waals surface area contributed by atoms with Gasteiger partial charge in [-0.25, -0.2) is 4.39 Å². The maximum absolute atomic E-state index is 12.9. The minimum atomic E-state index is -0.234.